The third-order valence-electron chi connectivity index (χ3n) is 4.85. The van der Waals surface area contributed by atoms with E-state index in [-0.39, 0.29) is 10.7 Å². The molecule has 3 aromatic rings. The number of anilines is 1. The number of fused-ring (bicyclic) bond motifs is 2. The van der Waals surface area contributed by atoms with E-state index in [4.69, 9.17) is 22.1 Å². The summed E-state index contributed by atoms with van der Waals surface area (Å²) < 4.78 is 5.10. The molecule has 1 aliphatic carbocycles. The molecule has 0 spiro atoms. The predicted molar refractivity (Wildman–Crippen MR) is 112 cm³/mol. The first-order valence-corrected chi connectivity index (χ1v) is 10.3. The highest BCUT2D eigenvalue weighted by Gasteiger charge is 2.25. The first-order valence-electron chi connectivity index (χ1n) is 9.13. The largest absolute Gasteiger partial charge is 0.451 e. The molecule has 0 radical (unpaired) electrons. The fourth-order valence-electron chi connectivity index (χ4n) is 3.53. The van der Waals surface area contributed by atoms with E-state index < -0.39 is 24.4 Å². The Hall–Kier alpha value is -2.84. The quantitative estimate of drug-likeness (QED) is 0.535. The number of aryl methyl sites for hydroxylation is 1. The van der Waals surface area contributed by atoms with Gasteiger partial charge in [0.25, 0.3) is 11.8 Å². The lowest BCUT2D eigenvalue weighted by atomic mass is 9.95. The van der Waals surface area contributed by atoms with Gasteiger partial charge in [-0.05, 0) is 37.3 Å². The summed E-state index contributed by atoms with van der Waals surface area (Å²) in [5.41, 5.74) is 7.60. The topological polar surface area (TPSA) is 114 Å². The molecular formula is C20H18ClN3O4S. The number of hydrogen-bond donors (Lipinski definition) is 3. The number of carbonyl (C=O) groups excluding carboxylic acids is 3. The van der Waals surface area contributed by atoms with Gasteiger partial charge in [0.1, 0.15) is 10.7 Å². The molecule has 0 atom stereocenters. The number of thiophene rings is 1. The lowest BCUT2D eigenvalue weighted by molar-refractivity contribution is -0.119. The third-order valence-corrected chi connectivity index (χ3v) is 6.45. The van der Waals surface area contributed by atoms with Crippen molar-refractivity contribution < 1.29 is 19.1 Å². The van der Waals surface area contributed by atoms with Gasteiger partial charge in [-0.3, -0.25) is 9.59 Å². The van der Waals surface area contributed by atoms with Crippen LogP contribution in [0.5, 0.6) is 0 Å². The molecule has 0 unspecified atom stereocenters. The van der Waals surface area contributed by atoms with Gasteiger partial charge in [0.05, 0.1) is 10.6 Å². The van der Waals surface area contributed by atoms with Crippen LogP contribution in [0.25, 0.3) is 10.9 Å². The van der Waals surface area contributed by atoms with Crippen molar-refractivity contribution in [3.05, 3.63) is 51.0 Å². The maximum atomic E-state index is 12.3. The lowest BCUT2D eigenvalue weighted by Gasteiger charge is -2.11. The molecule has 4 N–H and O–H groups in total. The average Bonchev–Trinajstić information content (AvgIpc) is 3.24. The number of esters is 1. The summed E-state index contributed by atoms with van der Waals surface area (Å²) in [4.78, 5) is 40.5. The standard InChI is InChI=1S/C20H18ClN3O4S/c21-16-10-5-1-3-7-12(10)23-17(16)20(27)28-9-14(25)24-19-15(18(22)26)11-6-2-4-8-13(11)29-19/h1,3,5,7,23H,2,4,6,8-9H2,(H2,22,26)(H,24,25). The number of amides is 2. The number of primary amides is 1. The maximum Gasteiger partial charge on any atom is 0.356 e. The predicted octanol–water partition coefficient (Wildman–Crippen LogP) is 3.66. The van der Waals surface area contributed by atoms with E-state index >= 15 is 0 Å². The van der Waals surface area contributed by atoms with E-state index in [0.29, 0.717) is 21.5 Å². The van der Waals surface area contributed by atoms with Crippen molar-refractivity contribution >= 4 is 56.6 Å². The molecule has 0 saturated heterocycles. The van der Waals surface area contributed by atoms with Crippen molar-refractivity contribution in [2.75, 3.05) is 11.9 Å². The fourth-order valence-corrected chi connectivity index (χ4v) is 5.13. The summed E-state index contributed by atoms with van der Waals surface area (Å²) in [6, 6.07) is 7.19. The van der Waals surface area contributed by atoms with Crippen LogP contribution in [0.2, 0.25) is 5.02 Å². The fraction of sp³-hybridized carbons (Fsp3) is 0.250. The van der Waals surface area contributed by atoms with E-state index in [0.717, 1.165) is 36.1 Å². The number of ether oxygens (including phenoxy) is 1. The van der Waals surface area contributed by atoms with E-state index in [2.05, 4.69) is 10.3 Å². The zero-order chi connectivity index (χ0) is 20.5. The minimum Gasteiger partial charge on any atom is -0.451 e. The number of benzene rings is 1. The number of halogens is 1. The highest BCUT2D eigenvalue weighted by molar-refractivity contribution is 7.17. The highest BCUT2D eigenvalue weighted by Crippen LogP contribution is 2.37. The molecule has 0 saturated carbocycles. The molecule has 4 rings (SSSR count). The minimum absolute atomic E-state index is 0.0880. The molecule has 0 bridgehead atoms. The molecule has 2 heterocycles. The second kappa shape index (κ2) is 7.88. The van der Waals surface area contributed by atoms with Gasteiger partial charge >= 0.3 is 5.97 Å². The molecule has 29 heavy (non-hydrogen) atoms. The first-order chi connectivity index (χ1) is 14.0. The number of rotatable bonds is 5. The number of aromatic amines is 1. The van der Waals surface area contributed by atoms with Crippen LogP contribution in [0.1, 0.15) is 44.1 Å². The summed E-state index contributed by atoms with van der Waals surface area (Å²) >= 11 is 7.58. The molecule has 150 valence electrons. The van der Waals surface area contributed by atoms with Gasteiger partial charge in [-0.1, -0.05) is 29.8 Å². The number of aromatic nitrogens is 1. The molecule has 1 aromatic carbocycles. The smallest absolute Gasteiger partial charge is 0.356 e. The zero-order valence-corrected chi connectivity index (χ0v) is 16.9. The zero-order valence-electron chi connectivity index (χ0n) is 15.3. The number of nitrogens with two attached hydrogens (primary N) is 1. The Labute approximate surface area is 175 Å². The van der Waals surface area contributed by atoms with E-state index in [1.165, 1.54) is 11.3 Å². The maximum absolute atomic E-state index is 12.3. The van der Waals surface area contributed by atoms with Gasteiger partial charge < -0.3 is 20.8 Å². The van der Waals surface area contributed by atoms with Gasteiger partial charge in [-0.25, -0.2) is 4.79 Å². The van der Waals surface area contributed by atoms with Gasteiger partial charge in [-0.15, -0.1) is 11.3 Å². The summed E-state index contributed by atoms with van der Waals surface area (Å²) in [6.07, 6.45) is 3.67. The third kappa shape index (κ3) is 3.73. The van der Waals surface area contributed by atoms with Crippen molar-refractivity contribution in [3.63, 3.8) is 0 Å². The van der Waals surface area contributed by atoms with Crippen molar-refractivity contribution in [1.29, 1.82) is 0 Å². The number of nitrogens with one attached hydrogen (secondary N) is 2. The Morgan fingerprint density at radius 3 is 2.72 bits per heavy atom. The number of H-pyrrole nitrogens is 1. The van der Waals surface area contributed by atoms with Crippen molar-refractivity contribution in [1.82, 2.24) is 4.98 Å². The lowest BCUT2D eigenvalue weighted by Crippen LogP contribution is -2.23. The van der Waals surface area contributed by atoms with Gasteiger partial charge in [0.15, 0.2) is 6.61 Å². The Kier molecular flexibility index (Phi) is 5.29. The van der Waals surface area contributed by atoms with Gasteiger partial charge in [0, 0.05) is 15.8 Å². The minimum atomic E-state index is -0.734. The van der Waals surface area contributed by atoms with Crippen LogP contribution >= 0.6 is 22.9 Å². The average molecular weight is 432 g/mol. The second-order valence-corrected chi connectivity index (χ2v) is 8.25. The summed E-state index contributed by atoms with van der Waals surface area (Å²) in [5.74, 6) is -1.85. The van der Waals surface area contributed by atoms with Crippen LogP contribution in [0.15, 0.2) is 24.3 Å². The van der Waals surface area contributed by atoms with Gasteiger partial charge in [-0.2, -0.15) is 0 Å². The Balaban J connectivity index is 1.45. The van der Waals surface area contributed by atoms with Crippen LogP contribution in [0.4, 0.5) is 5.00 Å². The Morgan fingerprint density at radius 2 is 1.97 bits per heavy atom. The van der Waals surface area contributed by atoms with Crippen LogP contribution < -0.4 is 11.1 Å². The second-order valence-electron chi connectivity index (χ2n) is 6.76. The van der Waals surface area contributed by atoms with Crippen LogP contribution in [-0.4, -0.2) is 29.4 Å². The normalized spacial score (nSPS) is 13.1. The van der Waals surface area contributed by atoms with E-state index in [1.54, 1.807) is 12.1 Å². The molecule has 9 heteroatoms. The van der Waals surface area contributed by atoms with Crippen molar-refractivity contribution in [3.8, 4) is 0 Å². The molecule has 1 aliphatic rings. The van der Waals surface area contributed by atoms with E-state index in [1.807, 2.05) is 12.1 Å². The highest BCUT2D eigenvalue weighted by atomic mass is 35.5. The Bertz CT molecular complexity index is 1130. The Morgan fingerprint density at radius 1 is 1.21 bits per heavy atom. The summed E-state index contributed by atoms with van der Waals surface area (Å²) in [7, 11) is 0. The molecule has 0 fully saturated rings. The monoisotopic (exact) mass is 431 g/mol. The molecule has 2 aromatic heterocycles. The van der Waals surface area contributed by atoms with Crippen LogP contribution in [0, 0.1) is 0 Å². The molecule has 2 amide bonds. The van der Waals surface area contributed by atoms with Crippen LogP contribution in [-0.2, 0) is 22.4 Å². The molecule has 0 aliphatic heterocycles. The number of para-hydroxylation sites is 1. The number of hydrogen-bond acceptors (Lipinski definition) is 5. The number of carbonyl (C=O) groups is 3. The van der Waals surface area contributed by atoms with Crippen molar-refractivity contribution in [2.24, 2.45) is 5.73 Å². The van der Waals surface area contributed by atoms with Gasteiger partial charge in [0.2, 0.25) is 0 Å². The SMILES string of the molecule is NC(=O)c1c(NC(=O)COC(=O)c2[nH]c3ccccc3c2Cl)sc2c1CCCC2. The van der Waals surface area contributed by atoms with Crippen LogP contribution in [0.3, 0.4) is 0 Å². The molecule has 7 nitrogen and oxygen atoms in total. The van der Waals surface area contributed by atoms with Crippen molar-refractivity contribution in [2.45, 2.75) is 25.7 Å². The van der Waals surface area contributed by atoms with E-state index in [9.17, 15) is 14.4 Å². The summed E-state index contributed by atoms with van der Waals surface area (Å²) in [5, 5.41) is 4.01. The first kappa shape index (κ1) is 19.5. The summed E-state index contributed by atoms with van der Waals surface area (Å²) in [6.45, 7) is -0.509. The molecular weight excluding hydrogens is 414 g/mol.